The topological polar surface area (TPSA) is 38.3 Å². The van der Waals surface area contributed by atoms with Gasteiger partial charge in [0.05, 0.1) is 5.76 Å². The van der Waals surface area contributed by atoms with E-state index in [-0.39, 0.29) is 5.91 Å². The number of nitrogens with one attached hydrogen (secondary N) is 1. The molecule has 1 heterocycles. The quantitative estimate of drug-likeness (QED) is 0.479. The lowest BCUT2D eigenvalue weighted by atomic mass is 9.44. The summed E-state index contributed by atoms with van der Waals surface area (Å²) < 4.78 is 6.75. The van der Waals surface area contributed by atoms with E-state index in [9.17, 15) is 4.79 Å². The molecule has 33 heavy (non-hydrogen) atoms. The van der Waals surface area contributed by atoms with Crippen LogP contribution in [0.25, 0.3) is 0 Å². The third kappa shape index (κ3) is 3.88. The van der Waals surface area contributed by atoms with Crippen LogP contribution in [0, 0.1) is 52.3 Å². The molecule has 0 aromatic carbocycles. The fraction of sp³-hybridized carbons (Fsp3) is 0.900. The molecule has 10 atom stereocenters. The summed E-state index contributed by atoms with van der Waals surface area (Å²) in [6.45, 7) is 14.8. The van der Waals surface area contributed by atoms with Gasteiger partial charge in [0, 0.05) is 25.8 Å². The van der Waals surface area contributed by atoms with Crippen LogP contribution < -0.4 is 5.32 Å². The van der Waals surface area contributed by atoms with Crippen LogP contribution in [0.2, 0.25) is 0 Å². The van der Waals surface area contributed by atoms with Crippen molar-refractivity contribution >= 4 is 5.91 Å². The van der Waals surface area contributed by atoms with Gasteiger partial charge in [0.25, 0.3) is 0 Å². The van der Waals surface area contributed by atoms with E-state index in [0.717, 1.165) is 49.0 Å². The summed E-state index contributed by atoms with van der Waals surface area (Å²) in [5, 5.41) is 2.97. The van der Waals surface area contributed by atoms with E-state index in [1.165, 1.54) is 57.1 Å². The number of amides is 1. The highest BCUT2D eigenvalue weighted by molar-refractivity contribution is 5.72. The molecule has 4 fully saturated rings. The average molecular weight is 456 g/mol. The number of fused-ring (bicyclic) bond motifs is 7. The molecule has 3 nitrogen and oxygen atoms in total. The van der Waals surface area contributed by atoms with Crippen molar-refractivity contribution < 1.29 is 9.53 Å². The van der Waals surface area contributed by atoms with E-state index in [4.69, 9.17) is 4.74 Å². The van der Waals surface area contributed by atoms with Crippen LogP contribution in [0.15, 0.2) is 11.3 Å². The smallest absolute Gasteiger partial charge is 0.216 e. The van der Waals surface area contributed by atoms with Gasteiger partial charge in [-0.2, -0.15) is 0 Å². The zero-order chi connectivity index (χ0) is 23.5. The molecule has 0 radical (unpaired) electrons. The highest BCUT2D eigenvalue weighted by atomic mass is 16.5. The summed E-state index contributed by atoms with van der Waals surface area (Å²) in [6.07, 6.45) is 14.1. The van der Waals surface area contributed by atoms with Gasteiger partial charge in [-0.15, -0.1) is 0 Å². The second-order valence-corrected chi connectivity index (χ2v) is 13.6. The number of hydrogen-bond acceptors (Lipinski definition) is 2. The Labute approximate surface area is 202 Å². The molecule has 1 N–H and O–H groups in total. The fourth-order valence-electron chi connectivity index (χ4n) is 9.85. The molecule has 0 aromatic heterocycles. The molecule has 5 rings (SSSR count). The zero-order valence-electron chi connectivity index (χ0n) is 22.2. The Bertz CT molecular complexity index is 803. The van der Waals surface area contributed by atoms with Gasteiger partial charge in [-0.1, -0.05) is 34.1 Å². The molecule has 3 heteroatoms. The Kier molecular flexibility index (Phi) is 6.18. The first kappa shape index (κ1) is 23.7. The molecular formula is C30H49NO2. The summed E-state index contributed by atoms with van der Waals surface area (Å²) in [5.74, 6) is 7.17. The van der Waals surface area contributed by atoms with E-state index in [1.807, 2.05) is 0 Å². The van der Waals surface area contributed by atoms with E-state index in [1.54, 1.807) is 12.5 Å². The van der Waals surface area contributed by atoms with Crippen molar-refractivity contribution in [1.29, 1.82) is 0 Å². The van der Waals surface area contributed by atoms with Crippen LogP contribution in [0.1, 0.15) is 106 Å². The summed E-state index contributed by atoms with van der Waals surface area (Å²) in [4.78, 5) is 11.2. The number of carbonyl (C=O) groups excluding carboxylic acids is 1. The number of hydrogen-bond donors (Lipinski definition) is 1. The van der Waals surface area contributed by atoms with E-state index in [0.29, 0.717) is 28.8 Å². The maximum atomic E-state index is 11.2. The van der Waals surface area contributed by atoms with Crippen molar-refractivity contribution in [3.05, 3.63) is 11.3 Å². The van der Waals surface area contributed by atoms with Gasteiger partial charge in [-0.05, 0) is 110 Å². The minimum absolute atomic E-state index is 0.0732. The maximum Gasteiger partial charge on any atom is 0.216 e. The highest BCUT2D eigenvalue weighted by Crippen LogP contribution is 2.70. The minimum Gasteiger partial charge on any atom is -0.494 e. The van der Waals surface area contributed by atoms with Crippen molar-refractivity contribution in [1.82, 2.24) is 5.32 Å². The van der Waals surface area contributed by atoms with E-state index in [2.05, 4.69) is 39.9 Å². The monoisotopic (exact) mass is 455 g/mol. The predicted octanol–water partition coefficient (Wildman–Crippen LogP) is 7.12. The molecule has 1 aliphatic heterocycles. The molecule has 0 aromatic rings. The standard InChI is InChI=1S/C30H49NO2/c1-18-11-13-29(5)22(15-18)8-9-23-24(29)12-14-30(6)25(23)16-27-28(30)20(3)26(33-27)10-7-19(2)17-31-21(4)32/h18-19,22-25,27-28H,7-17H2,1-6H3,(H,31,32)/t18-,19-,22-,23+,24-,25-,27-,28-,29-,30-/m0/s1. The summed E-state index contributed by atoms with van der Waals surface area (Å²) >= 11 is 0. The highest BCUT2D eigenvalue weighted by Gasteiger charge is 2.64. The number of rotatable bonds is 5. The predicted molar refractivity (Wildman–Crippen MR) is 134 cm³/mol. The summed E-state index contributed by atoms with van der Waals surface area (Å²) in [7, 11) is 0. The normalized spacial score (nSPS) is 47.2. The summed E-state index contributed by atoms with van der Waals surface area (Å²) in [6, 6.07) is 0. The number of carbonyl (C=O) groups is 1. The molecule has 0 unspecified atom stereocenters. The van der Waals surface area contributed by atoms with E-state index < -0.39 is 0 Å². The molecule has 0 spiro atoms. The van der Waals surface area contributed by atoms with Gasteiger partial charge in [0.1, 0.15) is 6.10 Å². The SMILES string of the molecule is CC(=O)NC[C@@H](C)CCC1=C(C)[C@H]2[C@H](C[C@H]3[C@@H]4CC[C@H]5C[C@@H](C)CC[C@]5(C)[C@H]4CC[C@@]32C)O1. The third-order valence-electron chi connectivity index (χ3n) is 11.7. The molecular weight excluding hydrogens is 406 g/mol. The lowest BCUT2D eigenvalue weighted by molar-refractivity contribution is -0.119. The number of allylic oxidation sites excluding steroid dienone is 1. The maximum absolute atomic E-state index is 11.2. The van der Waals surface area contributed by atoms with Crippen LogP contribution in [0.3, 0.4) is 0 Å². The largest absolute Gasteiger partial charge is 0.494 e. The van der Waals surface area contributed by atoms with Crippen molar-refractivity contribution in [2.75, 3.05) is 6.54 Å². The van der Waals surface area contributed by atoms with Crippen molar-refractivity contribution in [2.45, 2.75) is 112 Å². The van der Waals surface area contributed by atoms with Crippen LogP contribution in [0.5, 0.6) is 0 Å². The van der Waals surface area contributed by atoms with Crippen molar-refractivity contribution in [3.63, 3.8) is 0 Å². The molecule has 1 amide bonds. The van der Waals surface area contributed by atoms with Crippen LogP contribution in [-0.2, 0) is 9.53 Å². The van der Waals surface area contributed by atoms with Gasteiger partial charge in [0.15, 0.2) is 0 Å². The Morgan fingerprint density at radius 1 is 1.09 bits per heavy atom. The summed E-state index contributed by atoms with van der Waals surface area (Å²) in [5.41, 5.74) is 2.61. The molecule has 0 bridgehead atoms. The van der Waals surface area contributed by atoms with Gasteiger partial charge >= 0.3 is 0 Å². The second kappa shape index (κ2) is 8.59. The second-order valence-electron chi connectivity index (χ2n) is 13.6. The Morgan fingerprint density at radius 3 is 2.61 bits per heavy atom. The van der Waals surface area contributed by atoms with E-state index >= 15 is 0 Å². The first-order valence-corrected chi connectivity index (χ1v) is 14.2. The zero-order valence-corrected chi connectivity index (χ0v) is 22.2. The lowest BCUT2D eigenvalue weighted by Crippen LogP contribution is -2.53. The van der Waals surface area contributed by atoms with Gasteiger partial charge in [0.2, 0.25) is 5.91 Å². The van der Waals surface area contributed by atoms with Crippen LogP contribution in [0.4, 0.5) is 0 Å². The third-order valence-corrected chi connectivity index (χ3v) is 11.7. The minimum atomic E-state index is 0.0732. The first-order chi connectivity index (χ1) is 15.6. The molecule has 186 valence electrons. The Morgan fingerprint density at radius 2 is 1.85 bits per heavy atom. The van der Waals surface area contributed by atoms with Crippen molar-refractivity contribution in [2.24, 2.45) is 52.3 Å². The Balaban J connectivity index is 1.28. The average Bonchev–Trinajstić information content (AvgIpc) is 3.24. The molecule has 5 aliphatic rings. The van der Waals surface area contributed by atoms with Gasteiger partial charge < -0.3 is 10.1 Å². The number of ether oxygens (including phenoxy) is 1. The molecule has 4 aliphatic carbocycles. The van der Waals surface area contributed by atoms with Crippen LogP contribution in [-0.4, -0.2) is 18.6 Å². The first-order valence-electron chi connectivity index (χ1n) is 14.2. The van der Waals surface area contributed by atoms with Gasteiger partial charge in [-0.3, -0.25) is 4.79 Å². The fourth-order valence-corrected chi connectivity index (χ4v) is 9.85. The van der Waals surface area contributed by atoms with Crippen molar-refractivity contribution in [3.8, 4) is 0 Å². The molecule has 0 saturated heterocycles. The van der Waals surface area contributed by atoms with Crippen LogP contribution >= 0.6 is 0 Å². The molecule has 4 saturated carbocycles. The Hall–Kier alpha value is -0.990. The lowest BCUT2D eigenvalue weighted by Gasteiger charge is -2.61. The van der Waals surface area contributed by atoms with Gasteiger partial charge in [-0.25, -0.2) is 0 Å².